The van der Waals surface area contributed by atoms with E-state index in [0.717, 1.165) is 0 Å². The molecule has 0 radical (unpaired) electrons. The number of carbonyl (C=O) groups is 3. The van der Waals surface area contributed by atoms with Crippen molar-refractivity contribution in [2.75, 3.05) is 0 Å². The molecule has 3 rings (SSSR count). The molecule has 3 fully saturated rings. The Morgan fingerprint density at radius 1 is 0.442 bits per heavy atom. The van der Waals surface area contributed by atoms with Crippen LogP contribution in [0.4, 0.5) is 0 Å². The fourth-order valence-corrected chi connectivity index (χ4v) is 5.22. The summed E-state index contributed by atoms with van der Waals surface area (Å²) in [5, 5.41) is 89.3. The molecule has 3 aliphatic rings. The standard InChI is InChI=1S/C18H30O13.C12H22O7.C2H2/c1-5(2)27-11-7(19)10(22)18(31-13(11)15(23)24)29-12-8(20)9(21)17(28-6(3)4)30-14(12)16(25)26;1-5(2)17-9-7(13)8(14)12(18-6(3)4)19-10(9)11(15)16;1-2/h5-14,17-22H,1-4H3,(H,23,24)(H,25,26);5-10,12-14H,1-4H3,(H,15,16);1-2H/t7-,8-,9?,10?,11+,12+,13?,14?,17?,18?;7-,8+,9+,10?,12?;/m11./s1. The van der Waals surface area contributed by atoms with Gasteiger partial charge >= 0.3 is 17.9 Å². The van der Waals surface area contributed by atoms with Crippen molar-refractivity contribution in [2.24, 2.45) is 0 Å². The van der Waals surface area contributed by atoms with Gasteiger partial charge in [0.15, 0.2) is 37.2 Å². The van der Waals surface area contributed by atoms with Crippen molar-refractivity contribution < 1.29 is 98.2 Å². The Hall–Kier alpha value is -2.59. The molecule has 0 spiro atoms. The van der Waals surface area contributed by atoms with Gasteiger partial charge in [0.25, 0.3) is 0 Å². The summed E-state index contributed by atoms with van der Waals surface area (Å²) in [7, 11) is 0. The zero-order valence-corrected chi connectivity index (χ0v) is 30.1. The molecule has 3 saturated heterocycles. The average molecular weight is 759 g/mol. The Morgan fingerprint density at radius 3 is 0.981 bits per heavy atom. The zero-order valence-electron chi connectivity index (χ0n) is 30.1. The molecule has 302 valence electrons. The lowest BCUT2D eigenvalue weighted by atomic mass is 9.96. The van der Waals surface area contributed by atoms with E-state index in [1.165, 1.54) is 0 Å². The van der Waals surface area contributed by atoms with Crippen molar-refractivity contribution in [1.29, 1.82) is 0 Å². The number of aliphatic hydroxyl groups excluding tert-OH is 6. The molecule has 52 heavy (non-hydrogen) atoms. The Bertz CT molecular complexity index is 1130. The van der Waals surface area contributed by atoms with Gasteiger partial charge < -0.3 is 83.9 Å². The highest BCUT2D eigenvalue weighted by Gasteiger charge is 2.55. The predicted octanol–water partition coefficient (Wildman–Crippen LogP) is -2.36. The molecule has 20 nitrogen and oxygen atoms in total. The van der Waals surface area contributed by atoms with E-state index in [9.17, 15) is 55.2 Å². The second-order valence-electron chi connectivity index (χ2n) is 13.0. The normalized spacial score (nSPS) is 37.9. The highest BCUT2D eigenvalue weighted by Crippen LogP contribution is 2.32. The molecule has 0 aromatic heterocycles. The number of aliphatic hydroxyl groups is 6. The Balaban J connectivity index is 0.000000551. The quantitative estimate of drug-likeness (QED) is 0.0887. The van der Waals surface area contributed by atoms with Crippen LogP contribution in [0.25, 0.3) is 0 Å². The number of carboxylic acids is 3. The monoisotopic (exact) mass is 758 g/mol. The lowest BCUT2D eigenvalue weighted by Crippen LogP contribution is -2.66. The molecule has 3 aliphatic heterocycles. The number of rotatable bonds is 13. The highest BCUT2D eigenvalue weighted by atomic mass is 16.8. The number of terminal acetylenes is 1. The van der Waals surface area contributed by atoms with Crippen molar-refractivity contribution in [3.05, 3.63) is 0 Å². The predicted molar refractivity (Wildman–Crippen MR) is 172 cm³/mol. The molecule has 0 bridgehead atoms. The molecule has 9 N–H and O–H groups in total. The number of aliphatic carboxylic acids is 3. The summed E-state index contributed by atoms with van der Waals surface area (Å²) in [6.45, 7) is 13.2. The average Bonchev–Trinajstić information content (AvgIpc) is 3.03. The van der Waals surface area contributed by atoms with Crippen LogP contribution >= 0.6 is 0 Å². The van der Waals surface area contributed by atoms with E-state index in [1.54, 1.807) is 55.4 Å². The second-order valence-corrected chi connectivity index (χ2v) is 13.0. The molecule has 3 heterocycles. The fourth-order valence-electron chi connectivity index (χ4n) is 5.22. The summed E-state index contributed by atoms with van der Waals surface area (Å²) in [4.78, 5) is 34.4. The van der Waals surface area contributed by atoms with E-state index in [4.69, 9.17) is 43.0 Å². The third kappa shape index (κ3) is 12.8. The minimum Gasteiger partial charge on any atom is -0.479 e. The lowest BCUT2D eigenvalue weighted by Gasteiger charge is -2.45. The Labute approximate surface area is 301 Å². The summed E-state index contributed by atoms with van der Waals surface area (Å²) >= 11 is 0. The Morgan fingerprint density at radius 2 is 0.692 bits per heavy atom. The van der Waals surface area contributed by atoms with Gasteiger partial charge in [-0.2, -0.15) is 0 Å². The van der Waals surface area contributed by atoms with Crippen LogP contribution in [-0.2, 0) is 52.3 Å². The van der Waals surface area contributed by atoms with Crippen molar-refractivity contribution in [3.63, 3.8) is 0 Å². The molecule has 0 amide bonds. The van der Waals surface area contributed by atoms with Gasteiger partial charge in [0.05, 0.1) is 24.4 Å². The first kappa shape index (κ1) is 47.4. The van der Waals surface area contributed by atoms with Gasteiger partial charge in [-0.25, -0.2) is 14.4 Å². The SMILES string of the molecule is C#C.CC(C)OC1OC(C(=O)O)[C@@H](OC(C)C)[C@H](O)[C@@H]1O.CC(C)OC1OC(C(=O)O)[C@@H](OC2OC(C(=O)O)[C@@H](OC(C)C)[C@H](O)C2O)[C@H](O)C1O. The maximum Gasteiger partial charge on any atom is 0.335 e. The van der Waals surface area contributed by atoms with Gasteiger partial charge in [-0.15, -0.1) is 12.8 Å². The van der Waals surface area contributed by atoms with E-state index in [0.29, 0.717) is 0 Å². The molecule has 0 aliphatic carbocycles. The smallest absolute Gasteiger partial charge is 0.335 e. The first-order valence-electron chi connectivity index (χ1n) is 16.4. The van der Waals surface area contributed by atoms with Gasteiger partial charge in [0, 0.05) is 0 Å². The van der Waals surface area contributed by atoms with Gasteiger partial charge in [-0.3, -0.25) is 0 Å². The highest BCUT2D eigenvalue weighted by molar-refractivity contribution is 5.74. The minimum absolute atomic E-state index is 0.274. The van der Waals surface area contributed by atoms with Crippen LogP contribution in [-0.4, -0.2) is 180 Å². The molecular weight excluding hydrogens is 704 g/mol. The van der Waals surface area contributed by atoms with E-state index in [1.807, 2.05) is 0 Å². The van der Waals surface area contributed by atoms with Crippen LogP contribution in [0.2, 0.25) is 0 Å². The molecule has 15 atom stereocenters. The van der Waals surface area contributed by atoms with Gasteiger partial charge in [-0.05, 0) is 55.4 Å². The largest absolute Gasteiger partial charge is 0.479 e. The first-order valence-corrected chi connectivity index (χ1v) is 16.4. The summed E-state index contributed by atoms with van der Waals surface area (Å²) in [5.41, 5.74) is 0. The molecule has 20 heteroatoms. The minimum atomic E-state index is -1.87. The Kier molecular flexibility index (Phi) is 19.5. The third-order valence-electron chi connectivity index (χ3n) is 7.33. The van der Waals surface area contributed by atoms with Crippen molar-refractivity contribution in [2.45, 2.75) is 172 Å². The number of ether oxygens (including phenoxy) is 8. The van der Waals surface area contributed by atoms with Gasteiger partial charge in [0.1, 0.15) is 54.9 Å². The molecule has 8 unspecified atom stereocenters. The number of hydrogen-bond acceptors (Lipinski definition) is 17. The van der Waals surface area contributed by atoms with E-state index in [-0.39, 0.29) is 12.2 Å². The summed E-state index contributed by atoms with van der Waals surface area (Å²) < 4.78 is 42.2. The zero-order chi connectivity index (χ0) is 40.4. The summed E-state index contributed by atoms with van der Waals surface area (Å²) in [5.74, 6) is -4.37. The number of carboxylic acid groups (broad SMARTS) is 3. The van der Waals surface area contributed by atoms with Crippen LogP contribution < -0.4 is 0 Å². The maximum atomic E-state index is 11.7. The third-order valence-corrected chi connectivity index (χ3v) is 7.33. The van der Waals surface area contributed by atoms with Gasteiger partial charge in [-0.1, -0.05) is 0 Å². The van der Waals surface area contributed by atoms with Crippen LogP contribution in [0.1, 0.15) is 55.4 Å². The first-order chi connectivity index (χ1) is 24.1. The van der Waals surface area contributed by atoms with Crippen LogP contribution in [0.5, 0.6) is 0 Å². The van der Waals surface area contributed by atoms with E-state index >= 15 is 0 Å². The lowest BCUT2D eigenvalue weighted by molar-refractivity contribution is -0.355. The molecular formula is C32H54O20. The van der Waals surface area contributed by atoms with E-state index < -0.39 is 122 Å². The van der Waals surface area contributed by atoms with E-state index in [2.05, 4.69) is 12.8 Å². The van der Waals surface area contributed by atoms with Crippen LogP contribution in [0.3, 0.4) is 0 Å². The van der Waals surface area contributed by atoms with Gasteiger partial charge in [0.2, 0.25) is 0 Å². The van der Waals surface area contributed by atoms with Crippen LogP contribution in [0, 0.1) is 12.8 Å². The number of hydrogen-bond donors (Lipinski definition) is 9. The molecule has 0 aromatic rings. The maximum absolute atomic E-state index is 11.7. The fraction of sp³-hybridized carbons (Fsp3) is 0.844. The van der Waals surface area contributed by atoms with Crippen molar-refractivity contribution in [1.82, 2.24) is 0 Å². The molecule has 0 saturated carbocycles. The van der Waals surface area contributed by atoms with Crippen LogP contribution in [0.15, 0.2) is 0 Å². The summed E-state index contributed by atoms with van der Waals surface area (Å²) in [6.07, 6.45) is -17.4. The summed E-state index contributed by atoms with van der Waals surface area (Å²) in [6, 6.07) is 0. The second kappa shape index (κ2) is 21.3. The van der Waals surface area contributed by atoms with Crippen molar-refractivity contribution in [3.8, 4) is 12.8 Å². The van der Waals surface area contributed by atoms with Crippen molar-refractivity contribution >= 4 is 17.9 Å². The molecule has 0 aromatic carbocycles. The topological polar surface area (TPSA) is 307 Å².